The molecule has 0 aromatic carbocycles. The summed E-state index contributed by atoms with van der Waals surface area (Å²) in [6.07, 6.45) is -1.66. The topological polar surface area (TPSA) is 91.0 Å². The number of thiazole rings is 2. The summed E-state index contributed by atoms with van der Waals surface area (Å²) in [5.74, 6) is -2.37. The van der Waals surface area contributed by atoms with Crippen LogP contribution in [-0.4, -0.2) is 57.5 Å². The fourth-order valence-corrected chi connectivity index (χ4v) is 5.89. The van der Waals surface area contributed by atoms with E-state index in [9.17, 15) is 22.8 Å². The third-order valence-electron chi connectivity index (χ3n) is 5.84. The van der Waals surface area contributed by atoms with Crippen LogP contribution in [-0.2, 0) is 0 Å². The Kier molecular flexibility index (Phi) is 7.08. The molecule has 0 bridgehead atoms. The van der Waals surface area contributed by atoms with Crippen LogP contribution in [0.25, 0.3) is 0 Å². The van der Waals surface area contributed by atoms with Crippen molar-refractivity contribution in [2.45, 2.75) is 44.7 Å². The van der Waals surface area contributed by atoms with Crippen molar-refractivity contribution in [2.75, 3.05) is 19.6 Å². The number of carbonyl (C=O) groups excluding carboxylic acids is 2. The molecule has 1 unspecified atom stereocenters. The fraction of sp³-hybridized carbons (Fsp3) is 0.455. The maximum Gasteiger partial charge on any atom is 0.398 e. The lowest BCUT2D eigenvalue weighted by Crippen LogP contribution is -2.38. The van der Waals surface area contributed by atoms with Gasteiger partial charge in [-0.1, -0.05) is 0 Å². The first kappa shape index (κ1) is 24.4. The minimum absolute atomic E-state index is 0.00300. The van der Waals surface area contributed by atoms with Crippen molar-refractivity contribution in [1.29, 1.82) is 0 Å². The molecule has 1 aliphatic rings. The number of likely N-dealkylation sites (tertiary alicyclic amines) is 1. The zero-order valence-corrected chi connectivity index (χ0v) is 20.2. The van der Waals surface area contributed by atoms with Gasteiger partial charge in [-0.3, -0.25) is 9.59 Å². The molecule has 2 amide bonds. The second-order valence-corrected chi connectivity index (χ2v) is 10.3. The highest BCUT2D eigenvalue weighted by molar-refractivity contribution is 7.13. The summed E-state index contributed by atoms with van der Waals surface area (Å²) in [5.41, 5.74) is 0.854. The van der Waals surface area contributed by atoms with Crippen molar-refractivity contribution in [2.24, 2.45) is 0 Å². The molecule has 1 fully saturated rings. The van der Waals surface area contributed by atoms with Gasteiger partial charge in [-0.25, -0.2) is 9.97 Å². The van der Waals surface area contributed by atoms with Gasteiger partial charge in [0.15, 0.2) is 0 Å². The van der Waals surface area contributed by atoms with Crippen molar-refractivity contribution >= 4 is 34.5 Å². The number of aromatic amines is 1. The molecule has 0 spiro atoms. The quantitative estimate of drug-likeness (QED) is 0.505. The Hall–Kier alpha value is -2.73. The third kappa shape index (κ3) is 5.33. The van der Waals surface area contributed by atoms with Gasteiger partial charge in [0.2, 0.25) is 0 Å². The lowest BCUT2D eigenvalue weighted by Gasteiger charge is -2.30. The van der Waals surface area contributed by atoms with Crippen molar-refractivity contribution in [3.05, 3.63) is 55.7 Å². The van der Waals surface area contributed by atoms with E-state index in [1.807, 2.05) is 18.7 Å². The van der Waals surface area contributed by atoms with Crippen LogP contribution in [0.3, 0.4) is 0 Å². The SMILES string of the molecule is Cc1nc(C)c(C(=O)N2CCC(c3nc(C(=O)NCC(c4ccc[nH]4)C(F)(F)F)cs3)CC2)s1. The van der Waals surface area contributed by atoms with Crippen LogP contribution < -0.4 is 5.32 Å². The first-order valence-corrected chi connectivity index (χ1v) is 12.5. The van der Waals surface area contributed by atoms with Gasteiger partial charge in [0.05, 0.1) is 15.7 Å². The summed E-state index contributed by atoms with van der Waals surface area (Å²) in [6.45, 7) is 4.28. The van der Waals surface area contributed by atoms with Gasteiger partial charge in [0, 0.05) is 42.8 Å². The summed E-state index contributed by atoms with van der Waals surface area (Å²) in [4.78, 5) is 39.0. The minimum atomic E-state index is -4.49. The van der Waals surface area contributed by atoms with Gasteiger partial charge < -0.3 is 15.2 Å². The molecule has 1 atom stereocenters. The number of hydrogen-bond donors (Lipinski definition) is 2. The molecule has 1 saturated heterocycles. The van der Waals surface area contributed by atoms with Gasteiger partial charge in [-0.15, -0.1) is 22.7 Å². The Bertz CT molecular complexity index is 1150. The molecule has 4 rings (SSSR count). The average molecular weight is 512 g/mol. The second kappa shape index (κ2) is 9.87. The Balaban J connectivity index is 1.33. The molecular weight excluding hydrogens is 487 g/mol. The standard InChI is InChI=1S/C22H24F3N5O2S2/c1-12-18(34-13(2)28-12)21(32)30-8-5-14(6-9-30)20-29-17(11-33-20)19(31)27-10-15(22(23,24)25)16-4-3-7-26-16/h3-4,7,11,14-15,26H,5-6,8-10H2,1-2H3,(H,27,31). The van der Waals surface area contributed by atoms with E-state index in [-0.39, 0.29) is 23.2 Å². The zero-order chi connectivity index (χ0) is 24.5. The number of nitrogens with one attached hydrogen (secondary N) is 2. The van der Waals surface area contributed by atoms with Crippen LogP contribution in [0, 0.1) is 13.8 Å². The predicted octanol–water partition coefficient (Wildman–Crippen LogP) is 4.64. The Morgan fingerprint density at radius 3 is 2.59 bits per heavy atom. The van der Waals surface area contributed by atoms with Crippen molar-refractivity contribution in [3.63, 3.8) is 0 Å². The molecule has 0 radical (unpaired) electrons. The summed E-state index contributed by atoms with van der Waals surface area (Å²) in [6, 6.07) is 2.83. The molecule has 1 aliphatic heterocycles. The van der Waals surface area contributed by atoms with Gasteiger partial charge in [0.1, 0.15) is 16.5 Å². The molecule has 3 aromatic heterocycles. The van der Waals surface area contributed by atoms with E-state index >= 15 is 0 Å². The smallest absolute Gasteiger partial charge is 0.364 e. The number of rotatable bonds is 6. The van der Waals surface area contributed by atoms with Crippen LogP contribution in [0.4, 0.5) is 13.2 Å². The van der Waals surface area contributed by atoms with Gasteiger partial charge in [0.25, 0.3) is 11.8 Å². The first-order valence-electron chi connectivity index (χ1n) is 10.8. The van der Waals surface area contributed by atoms with Crippen molar-refractivity contribution in [1.82, 2.24) is 25.2 Å². The summed E-state index contributed by atoms with van der Waals surface area (Å²) < 4.78 is 40.2. The van der Waals surface area contributed by atoms with Crippen LogP contribution >= 0.6 is 22.7 Å². The number of halogens is 3. The zero-order valence-electron chi connectivity index (χ0n) is 18.6. The molecule has 3 aromatic rings. The van der Waals surface area contributed by atoms with Crippen LogP contribution in [0.1, 0.15) is 66.2 Å². The third-order valence-corrected chi connectivity index (χ3v) is 7.91. The number of alkyl halides is 3. The highest BCUT2D eigenvalue weighted by atomic mass is 32.1. The van der Waals surface area contributed by atoms with Crippen LogP contribution in [0.5, 0.6) is 0 Å². The predicted molar refractivity (Wildman–Crippen MR) is 124 cm³/mol. The fourth-order valence-electron chi connectivity index (χ4n) is 4.03. The number of hydrogen-bond acceptors (Lipinski definition) is 6. The highest BCUT2D eigenvalue weighted by Crippen LogP contribution is 2.34. The van der Waals surface area contributed by atoms with Crippen LogP contribution in [0.2, 0.25) is 0 Å². The van der Waals surface area contributed by atoms with E-state index in [4.69, 9.17) is 0 Å². The van der Waals surface area contributed by atoms with E-state index in [2.05, 4.69) is 20.3 Å². The summed E-state index contributed by atoms with van der Waals surface area (Å²) in [7, 11) is 0. The van der Waals surface area contributed by atoms with Crippen LogP contribution in [0.15, 0.2) is 23.7 Å². The molecule has 0 aliphatic carbocycles. The number of nitrogens with zero attached hydrogens (tertiary/aromatic N) is 3. The molecular formula is C22H24F3N5O2S2. The molecule has 12 heteroatoms. The van der Waals surface area contributed by atoms with Gasteiger partial charge >= 0.3 is 6.18 Å². The lowest BCUT2D eigenvalue weighted by atomic mass is 9.97. The molecule has 34 heavy (non-hydrogen) atoms. The molecule has 0 saturated carbocycles. The number of aryl methyl sites for hydroxylation is 2. The second-order valence-electron chi connectivity index (χ2n) is 8.21. The molecule has 2 N–H and O–H groups in total. The van der Waals surface area contributed by atoms with Gasteiger partial charge in [-0.2, -0.15) is 13.2 Å². The molecule has 7 nitrogen and oxygen atoms in total. The largest absolute Gasteiger partial charge is 0.398 e. The van der Waals surface area contributed by atoms with Crippen molar-refractivity contribution in [3.8, 4) is 0 Å². The maximum absolute atomic E-state index is 13.4. The number of carbonyl (C=O) groups is 2. The number of aromatic nitrogens is 3. The number of piperidine rings is 1. The Labute approximate surface area is 202 Å². The Morgan fingerprint density at radius 1 is 1.26 bits per heavy atom. The number of H-pyrrole nitrogens is 1. The van der Waals surface area contributed by atoms with Gasteiger partial charge in [-0.05, 0) is 38.8 Å². The van der Waals surface area contributed by atoms with E-state index in [1.54, 1.807) is 5.38 Å². The summed E-state index contributed by atoms with van der Waals surface area (Å²) >= 11 is 2.72. The monoisotopic (exact) mass is 511 g/mol. The molecule has 182 valence electrons. The first-order chi connectivity index (χ1) is 16.1. The van der Waals surface area contributed by atoms with Crippen molar-refractivity contribution < 1.29 is 22.8 Å². The van der Waals surface area contributed by atoms with E-state index in [0.29, 0.717) is 30.8 Å². The summed E-state index contributed by atoms with van der Waals surface area (Å²) in [5, 5.41) is 5.56. The number of amides is 2. The average Bonchev–Trinajstić information content (AvgIpc) is 3.54. The van der Waals surface area contributed by atoms with E-state index in [0.717, 1.165) is 15.7 Å². The van der Waals surface area contributed by atoms with E-state index in [1.165, 1.54) is 41.0 Å². The maximum atomic E-state index is 13.4. The highest BCUT2D eigenvalue weighted by Gasteiger charge is 2.41. The van der Waals surface area contributed by atoms with E-state index < -0.39 is 24.5 Å². The Morgan fingerprint density at radius 2 is 2.00 bits per heavy atom. The lowest BCUT2D eigenvalue weighted by molar-refractivity contribution is -0.149. The molecule has 4 heterocycles. The minimum Gasteiger partial charge on any atom is -0.364 e. The normalized spacial score (nSPS) is 16.0.